The van der Waals surface area contributed by atoms with E-state index in [0.717, 1.165) is 30.3 Å². The average molecular weight is 340 g/mol. The molecule has 0 heterocycles. The molecule has 0 bridgehead atoms. The number of nitro groups is 1. The molecule has 0 saturated heterocycles. The number of nitrogens with zero attached hydrogens (tertiary/aromatic N) is 1. The zero-order valence-electron chi connectivity index (χ0n) is 12.3. The summed E-state index contributed by atoms with van der Waals surface area (Å²) in [5, 5.41) is 13.2. The SMILES string of the molecule is COc1ccc([N+](=O)[O-])cc1NC(=O)c1ccc(C(F)(F)F)cc1. The number of amides is 1. The van der Waals surface area contributed by atoms with Crippen LogP contribution in [0.25, 0.3) is 0 Å². The Kier molecular flexibility index (Phi) is 4.72. The van der Waals surface area contributed by atoms with Crippen LogP contribution >= 0.6 is 0 Å². The molecule has 0 atom stereocenters. The molecule has 0 aliphatic heterocycles. The summed E-state index contributed by atoms with van der Waals surface area (Å²) in [6, 6.07) is 7.19. The summed E-state index contributed by atoms with van der Waals surface area (Å²) in [5.74, 6) is -0.539. The molecule has 1 N–H and O–H groups in total. The number of methoxy groups -OCH3 is 1. The third-order valence-electron chi connectivity index (χ3n) is 3.12. The predicted octanol–water partition coefficient (Wildman–Crippen LogP) is 3.87. The van der Waals surface area contributed by atoms with Crippen molar-refractivity contribution < 1.29 is 27.6 Å². The highest BCUT2D eigenvalue weighted by Gasteiger charge is 2.30. The second-order valence-electron chi connectivity index (χ2n) is 4.67. The third kappa shape index (κ3) is 3.80. The first-order valence-electron chi connectivity index (χ1n) is 6.53. The highest BCUT2D eigenvalue weighted by atomic mass is 19.4. The molecule has 0 fully saturated rings. The Morgan fingerprint density at radius 3 is 2.29 bits per heavy atom. The molecule has 9 heteroatoms. The van der Waals surface area contributed by atoms with E-state index in [1.807, 2.05) is 0 Å². The Balaban J connectivity index is 2.26. The minimum atomic E-state index is -4.50. The van der Waals surface area contributed by atoms with Crippen molar-refractivity contribution in [3.05, 3.63) is 63.7 Å². The van der Waals surface area contributed by atoms with Gasteiger partial charge in [0.15, 0.2) is 0 Å². The largest absolute Gasteiger partial charge is 0.495 e. The molecule has 2 aromatic carbocycles. The molecule has 1 amide bonds. The van der Waals surface area contributed by atoms with Crippen molar-refractivity contribution in [1.29, 1.82) is 0 Å². The number of halogens is 3. The van der Waals surface area contributed by atoms with E-state index < -0.39 is 22.6 Å². The van der Waals surface area contributed by atoms with E-state index in [1.165, 1.54) is 19.2 Å². The van der Waals surface area contributed by atoms with Crippen LogP contribution in [0, 0.1) is 10.1 Å². The predicted molar refractivity (Wildman–Crippen MR) is 79.0 cm³/mol. The van der Waals surface area contributed by atoms with Crippen molar-refractivity contribution in [3.63, 3.8) is 0 Å². The number of ether oxygens (including phenoxy) is 1. The van der Waals surface area contributed by atoms with Crippen LogP contribution < -0.4 is 10.1 Å². The Labute approximate surface area is 134 Å². The maximum absolute atomic E-state index is 12.5. The fraction of sp³-hybridized carbons (Fsp3) is 0.133. The van der Waals surface area contributed by atoms with E-state index in [2.05, 4.69) is 5.32 Å². The van der Waals surface area contributed by atoms with Gasteiger partial charge in [0.25, 0.3) is 11.6 Å². The summed E-state index contributed by atoms with van der Waals surface area (Å²) in [6.07, 6.45) is -4.50. The molecule has 0 saturated carbocycles. The summed E-state index contributed by atoms with van der Waals surface area (Å²) in [4.78, 5) is 22.2. The molecule has 6 nitrogen and oxygen atoms in total. The molecule has 0 radical (unpaired) electrons. The van der Waals surface area contributed by atoms with Gasteiger partial charge in [-0.2, -0.15) is 13.2 Å². The van der Waals surface area contributed by atoms with Crippen molar-refractivity contribution >= 4 is 17.3 Å². The second-order valence-corrected chi connectivity index (χ2v) is 4.67. The van der Waals surface area contributed by atoms with Crippen LogP contribution in [0.5, 0.6) is 5.75 Å². The van der Waals surface area contributed by atoms with Crippen molar-refractivity contribution in [2.75, 3.05) is 12.4 Å². The lowest BCUT2D eigenvalue weighted by Gasteiger charge is -2.11. The zero-order chi connectivity index (χ0) is 17.9. The first-order valence-corrected chi connectivity index (χ1v) is 6.53. The van der Waals surface area contributed by atoms with E-state index in [0.29, 0.717) is 0 Å². The molecule has 0 aliphatic rings. The summed E-state index contributed by atoms with van der Waals surface area (Å²) in [6.45, 7) is 0. The number of anilines is 1. The van der Waals surface area contributed by atoms with Gasteiger partial charge in [-0.25, -0.2) is 0 Å². The lowest BCUT2D eigenvalue weighted by atomic mass is 10.1. The number of rotatable bonds is 4. The van der Waals surface area contributed by atoms with Crippen molar-refractivity contribution in [3.8, 4) is 5.75 Å². The van der Waals surface area contributed by atoms with Crippen molar-refractivity contribution in [2.45, 2.75) is 6.18 Å². The number of carbonyl (C=O) groups is 1. The molecular weight excluding hydrogens is 329 g/mol. The highest BCUT2D eigenvalue weighted by molar-refractivity contribution is 6.05. The van der Waals surface area contributed by atoms with Gasteiger partial charge in [-0.3, -0.25) is 14.9 Å². The molecule has 2 aromatic rings. The first-order chi connectivity index (χ1) is 11.2. The average Bonchev–Trinajstić information content (AvgIpc) is 2.54. The smallest absolute Gasteiger partial charge is 0.416 e. The van der Waals surface area contributed by atoms with Gasteiger partial charge in [0, 0.05) is 17.7 Å². The lowest BCUT2D eigenvalue weighted by Crippen LogP contribution is -2.13. The van der Waals surface area contributed by atoms with Crippen molar-refractivity contribution in [1.82, 2.24) is 0 Å². The highest BCUT2D eigenvalue weighted by Crippen LogP contribution is 2.31. The topological polar surface area (TPSA) is 81.5 Å². The maximum Gasteiger partial charge on any atom is 0.416 e. The summed E-state index contributed by atoms with van der Waals surface area (Å²) >= 11 is 0. The van der Waals surface area contributed by atoms with Crippen LogP contribution in [0.2, 0.25) is 0 Å². The number of nitro benzene ring substituents is 1. The minimum Gasteiger partial charge on any atom is -0.495 e. The van der Waals surface area contributed by atoms with Crippen LogP contribution in [0.15, 0.2) is 42.5 Å². The van der Waals surface area contributed by atoms with Gasteiger partial charge in [-0.15, -0.1) is 0 Å². The summed E-state index contributed by atoms with van der Waals surface area (Å²) < 4.78 is 42.5. The molecule has 0 spiro atoms. The quantitative estimate of drug-likeness (QED) is 0.676. The van der Waals surface area contributed by atoms with Crippen LogP contribution in [-0.4, -0.2) is 17.9 Å². The van der Waals surface area contributed by atoms with E-state index in [1.54, 1.807) is 0 Å². The fourth-order valence-electron chi connectivity index (χ4n) is 1.91. The molecule has 2 rings (SSSR count). The number of alkyl halides is 3. The molecule has 126 valence electrons. The Bertz CT molecular complexity index is 773. The maximum atomic E-state index is 12.5. The van der Waals surface area contributed by atoms with Crippen molar-refractivity contribution in [2.24, 2.45) is 0 Å². The Morgan fingerprint density at radius 2 is 1.79 bits per heavy atom. The summed E-state index contributed by atoms with van der Waals surface area (Å²) in [5.41, 5.74) is -1.14. The van der Waals surface area contributed by atoms with Gasteiger partial charge in [0.1, 0.15) is 5.75 Å². The molecule has 24 heavy (non-hydrogen) atoms. The van der Waals surface area contributed by atoms with E-state index in [9.17, 15) is 28.1 Å². The lowest BCUT2D eigenvalue weighted by molar-refractivity contribution is -0.384. The standard InChI is InChI=1S/C15H11F3N2O4/c1-24-13-7-6-11(20(22)23)8-12(13)19-14(21)9-2-4-10(5-3-9)15(16,17)18/h2-8H,1H3,(H,19,21). The van der Waals surface area contributed by atoms with Crippen LogP contribution in [0.4, 0.5) is 24.5 Å². The minimum absolute atomic E-state index is 0.0310. The Hall–Kier alpha value is -3.10. The van der Waals surface area contributed by atoms with E-state index >= 15 is 0 Å². The van der Waals surface area contributed by atoms with Crippen LogP contribution in [-0.2, 0) is 6.18 Å². The number of benzene rings is 2. The number of non-ortho nitro benzene ring substituents is 1. The van der Waals surface area contributed by atoms with Gasteiger partial charge >= 0.3 is 6.18 Å². The van der Waals surface area contributed by atoms with Gasteiger partial charge in [-0.05, 0) is 30.3 Å². The monoisotopic (exact) mass is 340 g/mol. The number of hydrogen-bond donors (Lipinski definition) is 1. The van der Waals surface area contributed by atoms with Gasteiger partial charge < -0.3 is 10.1 Å². The van der Waals surface area contributed by atoms with Crippen LogP contribution in [0.3, 0.4) is 0 Å². The molecule has 0 aliphatic carbocycles. The van der Waals surface area contributed by atoms with E-state index in [4.69, 9.17) is 4.74 Å². The third-order valence-corrected chi connectivity index (χ3v) is 3.12. The molecular formula is C15H11F3N2O4. The normalized spacial score (nSPS) is 11.0. The van der Waals surface area contributed by atoms with Crippen LogP contribution in [0.1, 0.15) is 15.9 Å². The first kappa shape index (κ1) is 17.3. The van der Waals surface area contributed by atoms with Gasteiger partial charge in [-0.1, -0.05) is 0 Å². The van der Waals surface area contributed by atoms with Gasteiger partial charge in [0.05, 0.1) is 23.3 Å². The van der Waals surface area contributed by atoms with E-state index in [-0.39, 0.29) is 22.7 Å². The van der Waals surface area contributed by atoms with Gasteiger partial charge in [0.2, 0.25) is 0 Å². The number of nitrogens with one attached hydrogen (secondary N) is 1. The molecule has 0 unspecified atom stereocenters. The number of carbonyl (C=O) groups excluding carboxylic acids is 1. The second kappa shape index (κ2) is 6.57. The fourth-order valence-corrected chi connectivity index (χ4v) is 1.91. The molecule has 0 aromatic heterocycles. The Morgan fingerprint density at radius 1 is 1.17 bits per heavy atom. The zero-order valence-corrected chi connectivity index (χ0v) is 12.3. The summed E-state index contributed by atoms with van der Waals surface area (Å²) in [7, 11) is 1.31. The number of hydrogen-bond acceptors (Lipinski definition) is 4.